The van der Waals surface area contributed by atoms with Crippen LogP contribution in [0.3, 0.4) is 0 Å². The quantitative estimate of drug-likeness (QED) is 0.927. The second-order valence-corrected chi connectivity index (χ2v) is 6.11. The molecule has 21 heavy (non-hydrogen) atoms. The Bertz CT molecular complexity index is 489. The zero-order chi connectivity index (χ0) is 15.7. The Labute approximate surface area is 122 Å². The highest BCUT2D eigenvalue weighted by Gasteiger charge is 2.35. The largest absolute Gasteiger partial charge is 0.433 e. The van der Waals surface area contributed by atoms with E-state index in [1.54, 1.807) is 6.92 Å². The molecule has 1 N–H and O–H groups in total. The minimum Gasteiger partial charge on any atom is -0.356 e. The first-order valence-corrected chi connectivity index (χ1v) is 7.16. The molecular formula is C14H21F3N4. The van der Waals surface area contributed by atoms with Crippen LogP contribution < -0.4 is 10.2 Å². The Balaban J connectivity index is 2.28. The van der Waals surface area contributed by atoms with E-state index in [0.717, 1.165) is 18.9 Å². The molecule has 0 aliphatic carbocycles. The van der Waals surface area contributed by atoms with Crippen LogP contribution in [0.2, 0.25) is 0 Å². The lowest BCUT2D eigenvalue weighted by Crippen LogP contribution is -2.38. The molecule has 1 aliphatic rings. The van der Waals surface area contributed by atoms with Crippen molar-refractivity contribution in [2.24, 2.45) is 5.41 Å². The van der Waals surface area contributed by atoms with Gasteiger partial charge in [-0.2, -0.15) is 18.2 Å². The number of aromatic nitrogens is 2. The molecule has 7 heteroatoms. The van der Waals surface area contributed by atoms with E-state index >= 15 is 0 Å². The van der Waals surface area contributed by atoms with E-state index in [4.69, 9.17) is 0 Å². The molecule has 1 aromatic rings. The maximum atomic E-state index is 12.9. The van der Waals surface area contributed by atoms with E-state index in [1.165, 1.54) is 0 Å². The number of alkyl halides is 3. The standard InChI is InChI=1S/C14H21F3N4/c1-4-18-12-19-10(14(15,16)17)9-11(20-12)21-7-5-13(2,3)6-8-21/h9H,4-8H2,1-3H3,(H,18,19,20). The molecule has 1 aliphatic heterocycles. The summed E-state index contributed by atoms with van der Waals surface area (Å²) in [5.74, 6) is 0.385. The summed E-state index contributed by atoms with van der Waals surface area (Å²) in [6.07, 6.45) is -2.58. The molecule has 2 rings (SSSR count). The zero-order valence-electron chi connectivity index (χ0n) is 12.6. The molecule has 0 spiro atoms. The Morgan fingerprint density at radius 2 is 1.86 bits per heavy atom. The van der Waals surface area contributed by atoms with Gasteiger partial charge in [0.2, 0.25) is 5.95 Å². The average Bonchev–Trinajstić information content (AvgIpc) is 2.37. The fourth-order valence-electron chi connectivity index (χ4n) is 2.32. The van der Waals surface area contributed by atoms with Crippen LogP contribution in [0.4, 0.5) is 24.9 Å². The number of hydrogen-bond acceptors (Lipinski definition) is 4. The Morgan fingerprint density at radius 1 is 1.24 bits per heavy atom. The number of nitrogens with one attached hydrogen (secondary N) is 1. The number of piperidine rings is 1. The van der Waals surface area contributed by atoms with Crippen LogP contribution in [0.5, 0.6) is 0 Å². The predicted molar refractivity (Wildman–Crippen MR) is 76.4 cm³/mol. The highest BCUT2D eigenvalue weighted by atomic mass is 19.4. The van der Waals surface area contributed by atoms with Gasteiger partial charge >= 0.3 is 6.18 Å². The molecule has 1 fully saturated rings. The summed E-state index contributed by atoms with van der Waals surface area (Å²) in [4.78, 5) is 9.66. The van der Waals surface area contributed by atoms with Crippen LogP contribution in [0.25, 0.3) is 0 Å². The van der Waals surface area contributed by atoms with E-state index in [2.05, 4.69) is 29.1 Å². The van der Waals surface area contributed by atoms with Gasteiger partial charge in [0.1, 0.15) is 5.82 Å². The summed E-state index contributed by atoms with van der Waals surface area (Å²) in [5, 5.41) is 2.77. The first-order valence-electron chi connectivity index (χ1n) is 7.16. The van der Waals surface area contributed by atoms with Crippen LogP contribution in [0.15, 0.2) is 6.07 Å². The average molecular weight is 302 g/mol. The van der Waals surface area contributed by atoms with Crippen molar-refractivity contribution in [1.29, 1.82) is 0 Å². The van der Waals surface area contributed by atoms with Crippen molar-refractivity contribution < 1.29 is 13.2 Å². The third-order valence-corrected chi connectivity index (χ3v) is 3.78. The smallest absolute Gasteiger partial charge is 0.356 e. The first kappa shape index (κ1) is 15.9. The summed E-state index contributed by atoms with van der Waals surface area (Å²) < 4.78 is 38.8. The number of hydrogen-bond donors (Lipinski definition) is 1. The minimum atomic E-state index is -4.46. The van der Waals surface area contributed by atoms with Crippen LogP contribution in [-0.2, 0) is 6.18 Å². The van der Waals surface area contributed by atoms with E-state index in [9.17, 15) is 13.2 Å². The normalized spacial score (nSPS) is 18.7. The number of anilines is 2. The molecule has 118 valence electrons. The third-order valence-electron chi connectivity index (χ3n) is 3.78. The van der Waals surface area contributed by atoms with Crippen LogP contribution in [0, 0.1) is 5.41 Å². The highest BCUT2D eigenvalue weighted by molar-refractivity contribution is 5.46. The van der Waals surface area contributed by atoms with E-state index in [-0.39, 0.29) is 11.4 Å². The van der Waals surface area contributed by atoms with Gasteiger partial charge < -0.3 is 10.2 Å². The second-order valence-electron chi connectivity index (χ2n) is 6.11. The van der Waals surface area contributed by atoms with Gasteiger partial charge in [-0.05, 0) is 25.2 Å². The maximum absolute atomic E-state index is 12.9. The molecule has 0 aromatic carbocycles. The molecule has 0 atom stereocenters. The predicted octanol–water partition coefficient (Wildman–Crippen LogP) is 3.55. The van der Waals surface area contributed by atoms with Crippen molar-refractivity contribution in [3.8, 4) is 0 Å². The highest BCUT2D eigenvalue weighted by Crippen LogP contribution is 2.34. The van der Waals surface area contributed by atoms with Gasteiger partial charge in [-0.25, -0.2) is 4.98 Å². The fourth-order valence-corrected chi connectivity index (χ4v) is 2.32. The van der Waals surface area contributed by atoms with Gasteiger partial charge in [0.25, 0.3) is 0 Å². The Morgan fingerprint density at radius 3 is 2.38 bits per heavy atom. The number of rotatable bonds is 3. The maximum Gasteiger partial charge on any atom is 0.433 e. The van der Waals surface area contributed by atoms with Crippen molar-refractivity contribution in [3.63, 3.8) is 0 Å². The van der Waals surface area contributed by atoms with Gasteiger partial charge in [-0.3, -0.25) is 0 Å². The summed E-state index contributed by atoms with van der Waals surface area (Å²) >= 11 is 0. The monoisotopic (exact) mass is 302 g/mol. The lowest BCUT2D eigenvalue weighted by atomic mass is 9.83. The molecule has 2 heterocycles. The van der Waals surface area contributed by atoms with Gasteiger partial charge in [0.15, 0.2) is 5.69 Å². The molecule has 0 radical (unpaired) electrons. The van der Waals surface area contributed by atoms with E-state index in [0.29, 0.717) is 25.5 Å². The third kappa shape index (κ3) is 3.98. The molecule has 1 aromatic heterocycles. The molecule has 0 amide bonds. The van der Waals surface area contributed by atoms with Crippen molar-refractivity contribution in [2.75, 3.05) is 29.9 Å². The van der Waals surface area contributed by atoms with Gasteiger partial charge in [-0.15, -0.1) is 0 Å². The van der Waals surface area contributed by atoms with Crippen molar-refractivity contribution in [2.45, 2.75) is 39.8 Å². The summed E-state index contributed by atoms with van der Waals surface area (Å²) in [7, 11) is 0. The lowest BCUT2D eigenvalue weighted by Gasteiger charge is -2.37. The first-order chi connectivity index (χ1) is 9.71. The summed E-state index contributed by atoms with van der Waals surface area (Å²) in [6.45, 7) is 8.06. The van der Waals surface area contributed by atoms with Gasteiger partial charge in [-0.1, -0.05) is 13.8 Å². The molecule has 0 saturated carbocycles. The topological polar surface area (TPSA) is 41.1 Å². The van der Waals surface area contributed by atoms with E-state index < -0.39 is 11.9 Å². The van der Waals surface area contributed by atoms with Gasteiger partial charge in [0.05, 0.1) is 0 Å². The van der Waals surface area contributed by atoms with Crippen LogP contribution in [0.1, 0.15) is 39.3 Å². The van der Waals surface area contributed by atoms with Crippen molar-refractivity contribution in [3.05, 3.63) is 11.8 Å². The van der Waals surface area contributed by atoms with Crippen molar-refractivity contribution >= 4 is 11.8 Å². The molecular weight excluding hydrogens is 281 g/mol. The van der Waals surface area contributed by atoms with Crippen LogP contribution in [-0.4, -0.2) is 29.6 Å². The fraction of sp³-hybridized carbons (Fsp3) is 0.714. The Hall–Kier alpha value is -1.53. The van der Waals surface area contributed by atoms with Gasteiger partial charge in [0, 0.05) is 25.7 Å². The van der Waals surface area contributed by atoms with Crippen LogP contribution >= 0.6 is 0 Å². The molecule has 4 nitrogen and oxygen atoms in total. The summed E-state index contributed by atoms with van der Waals surface area (Å²) in [5.41, 5.74) is -0.658. The SMILES string of the molecule is CCNc1nc(N2CCC(C)(C)CC2)cc(C(F)(F)F)n1. The number of halogens is 3. The zero-order valence-corrected chi connectivity index (χ0v) is 12.6. The lowest BCUT2D eigenvalue weighted by molar-refractivity contribution is -0.141. The van der Waals surface area contributed by atoms with E-state index in [1.807, 2.05) is 4.90 Å². The number of nitrogens with zero attached hydrogens (tertiary/aromatic N) is 3. The van der Waals surface area contributed by atoms with Crippen molar-refractivity contribution in [1.82, 2.24) is 9.97 Å². The summed E-state index contributed by atoms with van der Waals surface area (Å²) in [6, 6.07) is 1.04. The molecule has 0 unspecified atom stereocenters. The molecule has 0 bridgehead atoms. The molecule has 1 saturated heterocycles. The Kier molecular flexibility index (Phi) is 4.30. The minimum absolute atomic E-state index is 0.0344. The second kappa shape index (κ2) is 5.69.